The summed E-state index contributed by atoms with van der Waals surface area (Å²) in [4.78, 5) is 43.7. The van der Waals surface area contributed by atoms with Crippen LogP contribution in [0.5, 0.6) is 0 Å². The van der Waals surface area contributed by atoms with Gasteiger partial charge in [-0.1, -0.05) is 12.1 Å². The normalized spacial score (nSPS) is 14.1. The molecule has 1 fully saturated rings. The Balaban J connectivity index is 1.73. The summed E-state index contributed by atoms with van der Waals surface area (Å²) in [5, 5.41) is 2.43. The van der Waals surface area contributed by atoms with Crippen molar-refractivity contribution in [2.75, 3.05) is 22.9 Å². The molecule has 0 N–H and O–H groups in total. The number of amides is 2. The smallest absolute Gasteiger partial charge is 0.227 e. The molecule has 0 spiro atoms. The minimum absolute atomic E-state index is 0.0632. The molecule has 140 valence electrons. The lowest BCUT2D eigenvalue weighted by molar-refractivity contribution is -0.117. The average Bonchev–Trinajstić information content (AvgIpc) is 3.29. The van der Waals surface area contributed by atoms with Gasteiger partial charge >= 0.3 is 0 Å². The van der Waals surface area contributed by atoms with Crippen LogP contribution in [0, 0.1) is 0 Å². The predicted octanol–water partition coefficient (Wildman–Crippen LogP) is 3.54. The molecule has 1 aromatic heterocycles. The van der Waals surface area contributed by atoms with E-state index in [1.54, 1.807) is 34.1 Å². The first-order chi connectivity index (χ1) is 13.0. The summed E-state index contributed by atoms with van der Waals surface area (Å²) in [7, 11) is 0. The molecule has 6 nitrogen and oxygen atoms in total. The monoisotopic (exact) mass is 383 g/mol. The van der Waals surface area contributed by atoms with Crippen LogP contribution in [0.25, 0.3) is 6.08 Å². The maximum absolute atomic E-state index is 12.5. The van der Waals surface area contributed by atoms with E-state index in [4.69, 9.17) is 0 Å². The summed E-state index contributed by atoms with van der Waals surface area (Å²) >= 11 is 1.36. The Hall–Kier alpha value is -2.80. The van der Waals surface area contributed by atoms with E-state index < -0.39 is 0 Å². The number of hydrogen-bond donors (Lipinski definition) is 0. The minimum Gasteiger partial charge on any atom is -0.312 e. The van der Waals surface area contributed by atoms with Crippen molar-refractivity contribution in [2.45, 2.75) is 26.7 Å². The Morgan fingerprint density at radius 1 is 1.37 bits per heavy atom. The van der Waals surface area contributed by atoms with Gasteiger partial charge < -0.3 is 4.90 Å². The number of aromatic nitrogens is 1. The summed E-state index contributed by atoms with van der Waals surface area (Å²) in [5.41, 5.74) is 1.92. The fourth-order valence-corrected chi connectivity index (χ4v) is 3.88. The number of hydrogen-bond acceptors (Lipinski definition) is 5. The van der Waals surface area contributed by atoms with Crippen LogP contribution in [0.1, 0.15) is 42.7 Å². The zero-order valence-corrected chi connectivity index (χ0v) is 16.2. The molecule has 2 amide bonds. The highest BCUT2D eigenvalue weighted by Gasteiger charge is 2.22. The molecule has 1 aliphatic heterocycles. The quantitative estimate of drug-likeness (QED) is 0.565. The van der Waals surface area contributed by atoms with Crippen LogP contribution in [-0.4, -0.2) is 35.7 Å². The van der Waals surface area contributed by atoms with Crippen molar-refractivity contribution in [3.63, 3.8) is 0 Å². The average molecular weight is 383 g/mol. The van der Waals surface area contributed by atoms with E-state index in [9.17, 15) is 14.4 Å². The number of nitrogens with zero attached hydrogens (tertiary/aromatic N) is 3. The van der Waals surface area contributed by atoms with Crippen LogP contribution < -0.4 is 9.80 Å². The van der Waals surface area contributed by atoms with Crippen LogP contribution in [0.15, 0.2) is 35.7 Å². The first-order valence-corrected chi connectivity index (χ1v) is 9.74. The van der Waals surface area contributed by atoms with Gasteiger partial charge in [-0.25, -0.2) is 4.98 Å². The molecular weight excluding hydrogens is 362 g/mol. The van der Waals surface area contributed by atoms with Crippen molar-refractivity contribution in [1.29, 1.82) is 0 Å². The molecular formula is C20H21N3O3S. The van der Waals surface area contributed by atoms with Crippen molar-refractivity contribution >= 4 is 45.8 Å². The fourth-order valence-electron chi connectivity index (χ4n) is 2.97. The van der Waals surface area contributed by atoms with E-state index >= 15 is 0 Å². The topological polar surface area (TPSA) is 70.6 Å². The number of anilines is 2. The predicted molar refractivity (Wildman–Crippen MR) is 107 cm³/mol. The summed E-state index contributed by atoms with van der Waals surface area (Å²) in [6.07, 6.45) is 4.51. The summed E-state index contributed by atoms with van der Waals surface area (Å²) in [6, 6.07) is 7.11. The first kappa shape index (κ1) is 19.0. The Morgan fingerprint density at radius 2 is 2.19 bits per heavy atom. The van der Waals surface area contributed by atoms with Crippen molar-refractivity contribution in [3.8, 4) is 0 Å². The van der Waals surface area contributed by atoms with Crippen LogP contribution >= 0.6 is 11.3 Å². The summed E-state index contributed by atoms with van der Waals surface area (Å²) < 4.78 is 0. The molecule has 0 bridgehead atoms. The van der Waals surface area contributed by atoms with Crippen molar-refractivity contribution in [2.24, 2.45) is 0 Å². The van der Waals surface area contributed by atoms with Gasteiger partial charge in [0.1, 0.15) is 0 Å². The number of thiazole rings is 1. The van der Waals surface area contributed by atoms with Crippen molar-refractivity contribution < 1.29 is 14.4 Å². The Bertz CT molecular complexity index is 903. The first-order valence-electron chi connectivity index (χ1n) is 8.86. The van der Waals surface area contributed by atoms with Gasteiger partial charge in [0.25, 0.3) is 0 Å². The van der Waals surface area contributed by atoms with Gasteiger partial charge in [-0.15, -0.1) is 11.3 Å². The maximum atomic E-state index is 12.5. The van der Waals surface area contributed by atoms with E-state index in [0.29, 0.717) is 35.9 Å². The molecule has 27 heavy (non-hydrogen) atoms. The minimum atomic E-state index is -0.156. The van der Waals surface area contributed by atoms with Gasteiger partial charge in [-0.2, -0.15) is 0 Å². The second-order valence-corrected chi connectivity index (χ2v) is 7.05. The highest BCUT2D eigenvalue weighted by Crippen LogP contribution is 2.24. The Labute approximate surface area is 162 Å². The number of ketones is 1. The zero-order valence-electron chi connectivity index (χ0n) is 15.3. The van der Waals surface area contributed by atoms with Crippen molar-refractivity contribution in [3.05, 3.63) is 47.0 Å². The molecule has 2 heterocycles. The van der Waals surface area contributed by atoms with Crippen LogP contribution in [0.3, 0.4) is 0 Å². The van der Waals surface area contributed by atoms with E-state index in [1.807, 2.05) is 18.4 Å². The lowest BCUT2D eigenvalue weighted by Crippen LogP contribution is -2.27. The summed E-state index contributed by atoms with van der Waals surface area (Å²) in [5.74, 6) is -0.125. The number of carbonyl (C=O) groups is 3. The lowest BCUT2D eigenvalue weighted by atomic mass is 10.1. The third-order valence-electron chi connectivity index (χ3n) is 4.36. The second-order valence-electron chi connectivity index (χ2n) is 6.22. The molecule has 0 saturated carbocycles. The second kappa shape index (κ2) is 8.26. The lowest BCUT2D eigenvalue weighted by Gasteiger charge is -2.16. The van der Waals surface area contributed by atoms with E-state index in [2.05, 4.69) is 4.98 Å². The molecule has 0 atom stereocenters. The number of benzene rings is 1. The van der Waals surface area contributed by atoms with E-state index in [1.165, 1.54) is 24.3 Å². The van der Waals surface area contributed by atoms with Gasteiger partial charge in [0, 0.05) is 43.1 Å². The molecule has 1 aliphatic rings. The Kier molecular flexibility index (Phi) is 5.81. The molecule has 3 rings (SSSR count). The van der Waals surface area contributed by atoms with Gasteiger partial charge in [0.2, 0.25) is 11.8 Å². The third-order valence-corrected chi connectivity index (χ3v) is 5.24. The van der Waals surface area contributed by atoms with Gasteiger partial charge in [0.05, 0.1) is 5.69 Å². The van der Waals surface area contributed by atoms with Gasteiger partial charge in [0.15, 0.2) is 10.9 Å². The Morgan fingerprint density at radius 3 is 2.85 bits per heavy atom. The summed E-state index contributed by atoms with van der Waals surface area (Å²) in [6.45, 7) is 4.63. The largest absolute Gasteiger partial charge is 0.312 e. The molecule has 7 heteroatoms. The molecule has 1 aromatic carbocycles. The van der Waals surface area contributed by atoms with Crippen molar-refractivity contribution in [1.82, 2.24) is 4.98 Å². The van der Waals surface area contributed by atoms with Gasteiger partial charge in [-0.3, -0.25) is 19.3 Å². The molecule has 1 saturated heterocycles. The van der Waals surface area contributed by atoms with Crippen LogP contribution in [0.2, 0.25) is 0 Å². The van der Waals surface area contributed by atoms with Crippen LogP contribution in [-0.2, 0) is 9.59 Å². The fraction of sp³-hybridized carbons (Fsp3) is 0.300. The molecule has 2 aromatic rings. The standard InChI is InChI=1S/C20H21N3O3S/c1-3-22(14(2)24)20-21-16(13-27-20)9-10-18(25)15-6-4-7-17(12-15)23-11-5-8-19(23)26/h4,6-7,9-10,12-13H,3,5,8,11H2,1-2H3/b10-9+. The number of rotatable bonds is 6. The molecule has 0 aliphatic carbocycles. The van der Waals surface area contributed by atoms with Gasteiger partial charge in [-0.05, 0) is 37.6 Å². The number of carbonyl (C=O) groups excluding carboxylic acids is 3. The third kappa shape index (κ3) is 4.31. The maximum Gasteiger partial charge on any atom is 0.227 e. The molecule has 0 unspecified atom stereocenters. The van der Waals surface area contributed by atoms with Crippen LogP contribution in [0.4, 0.5) is 10.8 Å². The molecule has 0 radical (unpaired) electrons. The highest BCUT2D eigenvalue weighted by atomic mass is 32.1. The zero-order chi connectivity index (χ0) is 19.4. The highest BCUT2D eigenvalue weighted by molar-refractivity contribution is 7.14. The SMILES string of the molecule is CCN(C(C)=O)c1nc(/C=C/C(=O)c2cccc(N3CCCC3=O)c2)cs1. The number of allylic oxidation sites excluding steroid dienone is 1. The van der Waals surface area contributed by atoms with E-state index in [-0.39, 0.29) is 17.6 Å². The van der Waals surface area contributed by atoms with E-state index in [0.717, 1.165) is 12.1 Å².